The molecular weight excluding hydrogens is 216 g/mol. The fraction of sp³-hybridized carbons (Fsp3) is 0.154. The maximum Gasteiger partial charge on any atom is 0.181 e. The lowest BCUT2D eigenvalue weighted by Gasteiger charge is -2.08. The second-order valence-electron chi connectivity index (χ2n) is 3.69. The maximum absolute atomic E-state index is 10.9. The first-order chi connectivity index (χ1) is 8.24. The Labute approximate surface area is 99.3 Å². The highest BCUT2D eigenvalue weighted by atomic mass is 16.5. The summed E-state index contributed by atoms with van der Waals surface area (Å²) in [7, 11) is 0. The van der Waals surface area contributed by atoms with Gasteiger partial charge in [-0.25, -0.2) is 0 Å². The molecule has 0 saturated carbocycles. The SMILES string of the molecule is Nc1ccc(OCCn2ccc(=O)cc2)cc1. The molecule has 88 valence electrons. The number of benzene rings is 1. The fourth-order valence-electron chi connectivity index (χ4n) is 1.43. The normalized spacial score (nSPS) is 10.1. The van der Waals surface area contributed by atoms with Gasteiger partial charge in [-0.2, -0.15) is 0 Å². The molecule has 4 nitrogen and oxygen atoms in total. The van der Waals surface area contributed by atoms with Crippen LogP contribution in [0.25, 0.3) is 0 Å². The van der Waals surface area contributed by atoms with E-state index in [-0.39, 0.29) is 5.43 Å². The van der Waals surface area contributed by atoms with Crippen LogP contribution in [0.4, 0.5) is 5.69 Å². The Kier molecular flexibility index (Phi) is 3.45. The molecule has 0 spiro atoms. The first-order valence-corrected chi connectivity index (χ1v) is 5.38. The van der Waals surface area contributed by atoms with Crippen molar-refractivity contribution in [1.82, 2.24) is 4.57 Å². The van der Waals surface area contributed by atoms with Crippen LogP contribution in [0, 0.1) is 0 Å². The maximum atomic E-state index is 10.9. The molecule has 1 heterocycles. The number of aromatic nitrogens is 1. The van der Waals surface area contributed by atoms with Crippen LogP contribution in [0.3, 0.4) is 0 Å². The third-order valence-electron chi connectivity index (χ3n) is 2.36. The van der Waals surface area contributed by atoms with Gasteiger partial charge >= 0.3 is 0 Å². The van der Waals surface area contributed by atoms with Crippen LogP contribution >= 0.6 is 0 Å². The molecular formula is C13H14N2O2. The smallest absolute Gasteiger partial charge is 0.181 e. The first kappa shape index (κ1) is 11.3. The largest absolute Gasteiger partial charge is 0.492 e. The van der Waals surface area contributed by atoms with Crippen molar-refractivity contribution in [3.8, 4) is 5.75 Å². The molecule has 0 radical (unpaired) electrons. The quantitative estimate of drug-likeness (QED) is 0.810. The highest BCUT2D eigenvalue weighted by Crippen LogP contribution is 2.12. The van der Waals surface area contributed by atoms with E-state index in [0.717, 1.165) is 11.4 Å². The molecule has 1 aromatic heterocycles. The van der Waals surface area contributed by atoms with Crippen LogP contribution < -0.4 is 15.9 Å². The first-order valence-electron chi connectivity index (χ1n) is 5.38. The van der Waals surface area contributed by atoms with Crippen LogP contribution in [0.15, 0.2) is 53.6 Å². The average molecular weight is 230 g/mol. The monoisotopic (exact) mass is 230 g/mol. The zero-order valence-corrected chi connectivity index (χ0v) is 9.37. The van der Waals surface area contributed by atoms with Crippen molar-refractivity contribution in [2.24, 2.45) is 0 Å². The average Bonchev–Trinajstić information content (AvgIpc) is 2.34. The second kappa shape index (κ2) is 5.21. The number of nitrogens with zero attached hydrogens (tertiary/aromatic N) is 1. The zero-order chi connectivity index (χ0) is 12.1. The summed E-state index contributed by atoms with van der Waals surface area (Å²) in [5, 5.41) is 0. The molecule has 0 fully saturated rings. The molecule has 2 rings (SSSR count). The lowest BCUT2D eigenvalue weighted by Crippen LogP contribution is -2.10. The molecule has 0 aliphatic carbocycles. The molecule has 17 heavy (non-hydrogen) atoms. The molecule has 0 unspecified atom stereocenters. The third kappa shape index (κ3) is 3.38. The van der Waals surface area contributed by atoms with Crippen molar-refractivity contribution in [3.05, 3.63) is 59.0 Å². The molecule has 2 aromatic rings. The molecule has 1 aromatic carbocycles. The van der Waals surface area contributed by atoms with Crippen molar-refractivity contribution in [2.75, 3.05) is 12.3 Å². The Morgan fingerprint density at radius 3 is 2.35 bits per heavy atom. The molecule has 2 N–H and O–H groups in total. The van der Waals surface area contributed by atoms with Crippen molar-refractivity contribution in [3.63, 3.8) is 0 Å². The highest BCUT2D eigenvalue weighted by molar-refractivity contribution is 5.41. The summed E-state index contributed by atoms with van der Waals surface area (Å²) in [5.74, 6) is 0.792. The standard InChI is InChI=1S/C13H14N2O2/c14-11-1-3-13(4-2-11)17-10-9-15-7-5-12(16)6-8-15/h1-8H,9-10,14H2. The number of nitrogen functional groups attached to an aromatic ring is 1. The van der Waals surface area contributed by atoms with Gasteiger partial charge in [0.25, 0.3) is 0 Å². The third-order valence-corrected chi connectivity index (χ3v) is 2.36. The van der Waals surface area contributed by atoms with E-state index in [4.69, 9.17) is 10.5 Å². The molecule has 0 aliphatic rings. The Morgan fingerprint density at radius 1 is 1.06 bits per heavy atom. The summed E-state index contributed by atoms with van der Waals surface area (Å²) in [4.78, 5) is 10.9. The van der Waals surface area contributed by atoms with Crippen molar-refractivity contribution in [2.45, 2.75) is 6.54 Å². The number of ether oxygens (including phenoxy) is 1. The van der Waals surface area contributed by atoms with Gasteiger partial charge < -0.3 is 15.0 Å². The number of rotatable bonds is 4. The molecule has 0 amide bonds. The van der Waals surface area contributed by atoms with Gasteiger partial charge in [-0.3, -0.25) is 4.79 Å². The number of hydrogen-bond donors (Lipinski definition) is 1. The highest BCUT2D eigenvalue weighted by Gasteiger charge is 1.94. The number of pyridine rings is 1. The van der Waals surface area contributed by atoms with Crippen molar-refractivity contribution < 1.29 is 4.74 Å². The second-order valence-corrected chi connectivity index (χ2v) is 3.69. The summed E-state index contributed by atoms with van der Waals surface area (Å²) in [6.45, 7) is 1.25. The Bertz CT molecular complexity index is 511. The zero-order valence-electron chi connectivity index (χ0n) is 9.37. The van der Waals surface area contributed by atoms with E-state index < -0.39 is 0 Å². The minimum atomic E-state index is 0.0145. The van der Waals surface area contributed by atoms with Gasteiger partial charge in [0, 0.05) is 30.2 Å². The molecule has 0 bridgehead atoms. The number of hydrogen-bond acceptors (Lipinski definition) is 3. The fourth-order valence-corrected chi connectivity index (χ4v) is 1.43. The molecule has 0 saturated heterocycles. The predicted molar refractivity (Wildman–Crippen MR) is 67.1 cm³/mol. The summed E-state index contributed by atoms with van der Waals surface area (Å²) in [6, 6.07) is 10.3. The van der Waals surface area contributed by atoms with Crippen LogP contribution in [-0.2, 0) is 6.54 Å². The Morgan fingerprint density at radius 2 is 1.71 bits per heavy atom. The van der Waals surface area contributed by atoms with Gasteiger partial charge in [0.05, 0.1) is 6.54 Å². The van der Waals surface area contributed by atoms with E-state index >= 15 is 0 Å². The topological polar surface area (TPSA) is 57.2 Å². The lowest BCUT2D eigenvalue weighted by atomic mass is 10.3. The van der Waals surface area contributed by atoms with Crippen molar-refractivity contribution >= 4 is 5.69 Å². The Balaban J connectivity index is 1.85. The van der Waals surface area contributed by atoms with Gasteiger partial charge in [0.15, 0.2) is 5.43 Å². The van der Waals surface area contributed by atoms with Gasteiger partial charge in [-0.1, -0.05) is 0 Å². The van der Waals surface area contributed by atoms with E-state index in [1.165, 1.54) is 12.1 Å². The molecule has 0 aliphatic heterocycles. The predicted octanol–water partition coefficient (Wildman–Crippen LogP) is 1.51. The van der Waals surface area contributed by atoms with Crippen LogP contribution in [0.1, 0.15) is 0 Å². The summed E-state index contributed by atoms with van der Waals surface area (Å²) >= 11 is 0. The summed E-state index contributed by atoms with van der Waals surface area (Å²) in [5.41, 5.74) is 6.31. The summed E-state index contributed by atoms with van der Waals surface area (Å²) in [6.07, 6.45) is 3.49. The van der Waals surface area contributed by atoms with Crippen LogP contribution in [0.5, 0.6) is 5.75 Å². The van der Waals surface area contributed by atoms with Crippen LogP contribution in [0.2, 0.25) is 0 Å². The lowest BCUT2D eigenvalue weighted by molar-refractivity contribution is 0.298. The minimum absolute atomic E-state index is 0.0145. The van der Waals surface area contributed by atoms with Gasteiger partial charge in [-0.05, 0) is 24.3 Å². The van der Waals surface area contributed by atoms with Gasteiger partial charge in [0.1, 0.15) is 12.4 Å². The van der Waals surface area contributed by atoms with Crippen LogP contribution in [-0.4, -0.2) is 11.2 Å². The van der Waals surface area contributed by atoms with E-state index in [0.29, 0.717) is 13.2 Å². The van der Waals surface area contributed by atoms with E-state index in [1.807, 2.05) is 16.7 Å². The molecule has 0 atom stereocenters. The van der Waals surface area contributed by atoms with E-state index in [2.05, 4.69) is 0 Å². The minimum Gasteiger partial charge on any atom is -0.492 e. The Hall–Kier alpha value is -2.23. The summed E-state index contributed by atoms with van der Waals surface area (Å²) < 4.78 is 7.44. The van der Waals surface area contributed by atoms with Crippen molar-refractivity contribution in [1.29, 1.82) is 0 Å². The number of anilines is 1. The van der Waals surface area contributed by atoms with Gasteiger partial charge in [0.2, 0.25) is 0 Å². The van der Waals surface area contributed by atoms with E-state index in [9.17, 15) is 4.79 Å². The van der Waals surface area contributed by atoms with E-state index in [1.54, 1.807) is 24.5 Å². The van der Waals surface area contributed by atoms with Gasteiger partial charge in [-0.15, -0.1) is 0 Å². The molecule has 4 heteroatoms. The number of nitrogens with two attached hydrogens (primary N) is 1.